The zero-order valence-corrected chi connectivity index (χ0v) is 9.41. The van der Waals surface area contributed by atoms with Crippen LogP contribution in [-0.2, 0) is 4.79 Å². The Hall–Kier alpha value is -1.64. The van der Waals surface area contributed by atoms with Crippen molar-refractivity contribution in [3.05, 3.63) is 11.1 Å². The predicted molar refractivity (Wildman–Crippen MR) is 54.8 cm³/mol. The van der Waals surface area contributed by atoms with Gasteiger partial charge in [0.25, 0.3) is 5.91 Å². The molecule has 0 saturated heterocycles. The van der Waals surface area contributed by atoms with Gasteiger partial charge >= 0.3 is 6.18 Å². The van der Waals surface area contributed by atoms with Crippen LogP contribution in [-0.4, -0.2) is 29.5 Å². The molecule has 1 aromatic rings. The van der Waals surface area contributed by atoms with E-state index in [9.17, 15) is 22.8 Å². The topological polar surface area (TPSA) is 71.1 Å². The Labute approximate surface area is 98.0 Å². The summed E-state index contributed by atoms with van der Waals surface area (Å²) in [6, 6.07) is 0. The average Bonchev–Trinajstić information content (AvgIpc) is 2.60. The van der Waals surface area contributed by atoms with E-state index >= 15 is 0 Å². The van der Waals surface area contributed by atoms with Crippen LogP contribution in [0.1, 0.15) is 17.4 Å². The largest absolute Gasteiger partial charge is 0.405 e. The number of halogens is 3. The van der Waals surface area contributed by atoms with Gasteiger partial charge in [0.1, 0.15) is 12.2 Å². The Bertz CT molecular complexity index is 430. The van der Waals surface area contributed by atoms with E-state index in [0.717, 1.165) is 11.3 Å². The maximum absolute atomic E-state index is 11.8. The molecule has 1 heterocycles. The minimum atomic E-state index is -4.47. The Morgan fingerprint density at radius 3 is 2.65 bits per heavy atom. The first-order valence-electron chi connectivity index (χ1n) is 4.36. The lowest BCUT2D eigenvalue weighted by Gasteiger charge is -2.06. The van der Waals surface area contributed by atoms with E-state index in [1.54, 1.807) is 5.32 Å². The van der Waals surface area contributed by atoms with E-state index in [2.05, 4.69) is 10.3 Å². The quantitative estimate of drug-likeness (QED) is 0.869. The summed E-state index contributed by atoms with van der Waals surface area (Å²) < 4.78 is 35.5. The molecule has 0 aliphatic carbocycles. The molecule has 0 aliphatic rings. The number of alkyl halides is 3. The monoisotopic (exact) mass is 267 g/mol. The highest BCUT2D eigenvalue weighted by molar-refractivity contribution is 7.14. The molecule has 17 heavy (non-hydrogen) atoms. The molecule has 5 nitrogen and oxygen atoms in total. The van der Waals surface area contributed by atoms with Gasteiger partial charge in [-0.1, -0.05) is 0 Å². The van der Waals surface area contributed by atoms with Crippen LogP contribution < -0.4 is 10.6 Å². The van der Waals surface area contributed by atoms with Crippen molar-refractivity contribution in [1.82, 2.24) is 10.3 Å². The van der Waals surface area contributed by atoms with E-state index in [0.29, 0.717) is 0 Å². The number of nitrogens with zero attached hydrogens (tertiary/aromatic N) is 1. The molecule has 94 valence electrons. The van der Waals surface area contributed by atoms with Crippen LogP contribution in [0.2, 0.25) is 0 Å². The molecule has 2 N–H and O–H groups in total. The number of carbonyl (C=O) groups is 2. The van der Waals surface area contributed by atoms with Gasteiger partial charge in [-0.05, 0) is 0 Å². The summed E-state index contributed by atoms with van der Waals surface area (Å²) in [5, 5.41) is 5.41. The van der Waals surface area contributed by atoms with E-state index in [-0.39, 0.29) is 16.7 Å². The van der Waals surface area contributed by atoms with Crippen molar-refractivity contribution in [2.45, 2.75) is 13.1 Å². The van der Waals surface area contributed by atoms with Crippen LogP contribution >= 0.6 is 11.3 Å². The highest BCUT2D eigenvalue weighted by Crippen LogP contribution is 2.16. The lowest BCUT2D eigenvalue weighted by atomic mass is 10.4. The number of amides is 2. The first kappa shape index (κ1) is 13.4. The maximum atomic E-state index is 11.8. The number of carbonyl (C=O) groups excluding carboxylic acids is 2. The summed E-state index contributed by atoms with van der Waals surface area (Å²) in [6.07, 6.45) is -4.47. The molecule has 0 bridgehead atoms. The summed E-state index contributed by atoms with van der Waals surface area (Å²) in [5.41, 5.74) is -0.164. The van der Waals surface area contributed by atoms with Gasteiger partial charge < -0.3 is 10.6 Å². The first-order valence-corrected chi connectivity index (χ1v) is 5.24. The Morgan fingerprint density at radius 2 is 2.12 bits per heavy atom. The molecule has 0 radical (unpaired) electrons. The molecule has 0 spiro atoms. The second-order valence-corrected chi connectivity index (χ2v) is 3.88. The van der Waals surface area contributed by atoms with Crippen LogP contribution in [0.3, 0.4) is 0 Å². The van der Waals surface area contributed by atoms with Gasteiger partial charge in [-0.15, -0.1) is 11.3 Å². The van der Waals surface area contributed by atoms with Crippen LogP contribution in [0.4, 0.5) is 18.3 Å². The average molecular weight is 267 g/mol. The molecule has 0 unspecified atom stereocenters. The summed E-state index contributed by atoms with van der Waals surface area (Å²) in [6.45, 7) is -0.163. The molecule has 0 fully saturated rings. The third-order valence-electron chi connectivity index (χ3n) is 1.47. The number of hydrogen-bond acceptors (Lipinski definition) is 4. The lowest BCUT2D eigenvalue weighted by Crippen LogP contribution is -2.33. The third kappa shape index (κ3) is 4.81. The van der Waals surface area contributed by atoms with Gasteiger partial charge in [0.15, 0.2) is 5.13 Å². The van der Waals surface area contributed by atoms with Gasteiger partial charge in [-0.25, -0.2) is 4.98 Å². The van der Waals surface area contributed by atoms with Gasteiger partial charge in [0.05, 0.1) is 0 Å². The minimum Gasteiger partial charge on any atom is -0.342 e. The van der Waals surface area contributed by atoms with Gasteiger partial charge in [-0.2, -0.15) is 13.2 Å². The van der Waals surface area contributed by atoms with Crippen molar-refractivity contribution in [1.29, 1.82) is 0 Å². The Balaban J connectivity index is 2.58. The van der Waals surface area contributed by atoms with Crippen LogP contribution in [0.15, 0.2) is 5.38 Å². The van der Waals surface area contributed by atoms with E-state index < -0.39 is 18.6 Å². The zero-order chi connectivity index (χ0) is 13.1. The predicted octanol–water partition coefficient (Wildman–Crippen LogP) is 1.39. The molecule has 0 aromatic carbocycles. The second-order valence-electron chi connectivity index (χ2n) is 3.02. The molecule has 2 amide bonds. The molecule has 1 aromatic heterocycles. The number of aromatic nitrogens is 1. The summed E-state index contributed by atoms with van der Waals surface area (Å²) in [4.78, 5) is 25.5. The van der Waals surface area contributed by atoms with Crippen molar-refractivity contribution >= 4 is 28.3 Å². The molecule has 0 aliphatic heterocycles. The first-order chi connectivity index (χ1) is 7.78. The van der Waals surface area contributed by atoms with Crippen molar-refractivity contribution in [3.63, 3.8) is 0 Å². The fourth-order valence-electron chi connectivity index (χ4n) is 0.857. The van der Waals surface area contributed by atoms with Gasteiger partial charge in [0.2, 0.25) is 5.91 Å². The normalized spacial score (nSPS) is 11.1. The molecule has 0 atom stereocenters. The molecule has 1 rings (SSSR count). The van der Waals surface area contributed by atoms with Crippen molar-refractivity contribution in [2.75, 3.05) is 11.9 Å². The second kappa shape index (κ2) is 5.13. The number of anilines is 1. The summed E-state index contributed by atoms with van der Waals surface area (Å²) in [5.74, 6) is -1.31. The third-order valence-corrected chi connectivity index (χ3v) is 2.23. The van der Waals surface area contributed by atoms with Crippen LogP contribution in [0.25, 0.3) is 0 Å². The minimum absolute atomic E-state index is 0.162. The smallest absolute Gasteiger partial charge is 0.342 e. The number of rotatable bonds is 3. The maximum Gasteiger partial charge on any atom is 0.405 e. The van der Waals surface area contributed by atoms with Gasteiger partial charge in [0, 0.05) is 12.3 Å². The lowest BCUT2D eigenvalue weighted by molar-refractivity contribution is -0.123. The highest BCUT2D eigenvalue weighted by Gasteiger charge is 2.28. The summed E-state index contributed by atoms with van der Waals surface area (Å²) >= 11 is 0.954. The summed E-state index contributed by atoms with van der Waals surface area (Å²) in [7, 11) is 0. The van der Waals surface area contributed by atoms with Crippen molar-refractivity contribution in [3.8, 4) is 0 Å². The van der Waals surface area contributed by atoms with Gasteiger partial charge in [-0.3, -0.25) is 9.59 Å². The molecular formula is C8H8F3N3O2S. The fourth-order valence-corrected chi connectivity index (χ4v) is 1.59. The number of nitrogens with one attached hydrogen (secondary N) is 2. The fraction of sp³-hybridized carbons (Fsp3) is 0.375. The SMILES string of the molecule is CC(=O)Nc1nc(C(=O)NCC(F)(F)F)cs1. The molecular weight excluding hydrogens is 259 g/mol. The van der Waals surface area contributed by atoms with Crippen LogP contribution in [0, 0.1) is 0 Å². The van der Waals surface area contributed by atoms with Crippen molar-refractivity contribution in [2.24, 2.45) is 0 Å². The number of hydrogen-bond donors (Lipinski definition) is 2. The Kier molecular flexibility index (Phi) is 4.05. The van der Waals surface area contributed by atoms with Crippen molar-refractivity contribution < 1.29 is 22.8 Å². The van der Waals surface area contributed by atoms with Crippen LogP contribution in [0.5, 0.6) is 0 Å². The standard InChI is InChI=1S/C8H8F3N3O2S/c1-4(15)13-7-14-5(2-17-7)6(16)12-3-8(9,10)11/h2H,3H2,1H3,(H,12,16)(H,13,14,15). The zero-order valence-electron chi connectivity index (χ0n) is 8.59. The molecule has 9 heteroatoms. The van der Waals surface area contributed by atoms with E-state index in [1.807, 2.05) is 0 Å². The molecule has 0 saturated carbocycles. The number of thiazole rings is 1. The van der Waals surface area contributed by atoms with E-state index in [1.165, 1.54) is 12.3 Å². The Morgan fingerprint density at radius 1 is 1.47 bits per heavy atom. The van der Waals surface area contributed by atoms with E-state index in [4.69, 9.17) is 0 Å². The highest BCUT2D eigenvalue weighted by atomic mass is 32.1.